The quantitative estimate of drug-likeness (QED) is 0.266. The van der Waals surface area contributed by atoms with Crippen molar-refractivity contribution in [3.05, 3.63) is 95.8 Å². The molecule has 1 aromatic heterocycles. The van der Waals surface area contributed by atoms with Crippen LogP contribution in [0.2, 0.25) is 0 Å². The van der Waals surface area contributed by atoms with Gasteiger partial charge in [0.05, 0.1) is 5.56 Å². The van der Waals surface area contributed by atoms with Gasteiger partial charge in [-0.2, -0.15) is 9.57 Å². The Hall–Kier alpha value is -4.79. The first-order valence-corrected chi connectivity index (χ1v) is 14.7. The maximum atomic E-state index is 14.5. The van der Waals surface area contributed by atoms with E-state index in [1.807, 2.05) is 60.7 Å². The summed E-state index contributed by atoms with van der Waals surface area (Å²) < 4.78 is 52.7. The van der Waals surface area contributed by atoms with E-state index in [1.54, 1.807) is 0 Å². The lowest BCUT2D eigenvalue weighted by atomic mass is 9.98. The van der Waals surface area contributed by atoms with E-state index in [-0.39, 0.29) is 30.1 Å². The largest absolute Gasteiger partial charge is 0.452 e. The van der Waals surface area contributed by atoms with E-state index in [0.717, 1.165) is 24.6 Å². The molecule has 1 N–H and O–H groups in total. The van der Waals surface area contributed by atoms with Crippen LogP contribution in [0.25, 0.3) is 22.5 Å². The summed E-state index contributed by atoms with van der Waals surface area (Å²) >= 11 is 0. The smallest absolute Gasteiger partial charge is 0.338 e. The maximum absolute atomic E-state index is 14.5. The van der Waals surface area contributed by atoms with Crippen molar-refractivity contribution in [3.63, 3.8) is 0 Å². The number of nitrogens with zero attached hydrogens (tertiary/aromatic N) is 2. The first kappa shape index (κ1) is 28.7. The van der Waals surface area contributed by atoms with Crippen molar-refractivity contribution < 1.29 is 31.6 Å². The topological polar surface area (TPSA) is 130 Å². The monoisotopic (exact) mass is 587 g/mol. The van der Waals surface area contributed by atoms with E-state index in [4.69, 9.17) is 9.15 Å². The van der Waals surface area contributed by atoms with E-state index in [2.05, 4.69) is 11.4 Å². The molecule has 0 bridgehead atoms. The number of hydrogen-bond donors (Lipinski definition) is 1. The Morgan fingerprint density at radius 2 is 1.60 bits per heavy atom. The molecule has 9 nitrogen and oxygen atoms in total. The Bertz CT molecular complexity index is 1760. The number of nitrogens with one attached hydrogen (secondary N) is 1. The van der Waals surface area contributed by atoms with Crippen molar-refractivity contribution >= 4 is 27.8 Å². The zero-order valence-electron chi connectivity index (χ0n) is 22.4. The van der Waals surface area contributed by atoms with E-state index in [9.17, 15) is 27.7 Å². The highest BCUT2D eigenvalue weighted by atomic mass is 32.2. The summed E-state index contributed by atoms with van der Waals surface area (Å²) in [5.74, 6) is -2.54. The SMILES string of the molecule is N#Cc1c(NC(=O)COC(=O)c2ccc(F)c(S(=O)(=O)N3CCCCC3)c2)oc(-c2ccccc2)c1-c1ccccc1. The number of amides is 1. The van der Waals surface area contributed by atoms with Crippen LogP contribution in [-0.4, -0.2) is 44.3 Å². The number of sulfonamides is 1. The fraction of sp³-hybridized carbons (Fsp3) is 0.194. The number of ether oxygens (including phenoxy) is 1. The van der Waals surface area contributed by atoms with Crippen LogP contribution < -0.4 is 5.32 Å². The first-order chi connectivity index (χ1) is 20.3. The number of carbonyl (C=O) groups excluding carboxylic acids is 2. The van der Waals surface area contributed by atoms with Gasteiger partial charge in [0.2, 0.25) is 15.9 Å². The highest BCUT2D eigenvalue weighted by Crippen LogP contribution is 2.41. The summed E-state index contributed by atoms with van der Waals surface area (Å²) in [5, 5.41) is 12.5. The predicted molar refractivity (Wildman–Crippen MR) is 152 cm³/mol. The molecule has 11 heteroatoms. The molecular formula is C31H26FN3O6S. The van der Waals surface area contributed by atoms with Gasteiger partial charge in [0.1, 0.15) is 28.1 Å². The van der Waals surface area contributed by atoms with Gasteiger partial charge in [0, 0.05) is 24.2 Å². The summed E-state index contributed by atoms with van der Waals surface area (Å²) in [4.78, 5) is 24.9. The zero-order valence-corrected chi connectivity index (χ0v) is 23.2. The van der Waals surface area contributed by atoms with Gasteiger partial charge in [-0.15, -0.1) is 0 Å². The van der Waals surface area contributed by atoms with Gasteiger partial charge in [-0.1, -0.05) is 67.1 Å². The Labute approximate surface area is 242 Å². The van der Waals surface area contributed by atoms with Gasteiger partial charge in [0.15, 0.2) is 6.61 Å². The molecule has 0 unspecified atom stereocenters. The van der Waals surface area contributed by atoms with Gasteiger partial charge in [0.25, 0.3) is 5.91 Å². The molecule has 1 amide bonds. The Kier molecular flexibility index (Phi) is 8.47. The van der Waals surface area contributed by atoms with Gasteiger partial charge in [-0.3, -0.25) is 10.1 Å². The highest BCUT2D eigenvalue weighted by Gasteiger charge is 2.30. The molecule has 4 aromatic rings. The number of hydrogen-bond acceptors (Lipinski definition) is 7. The van der Waals surface area contributed by atoms with Crippen LogP contribution in [0, 0.1) is 17.1 Å². The average molecular weight is 588 g/mol. The molecule has 1 saturated heterocycles. The molecule has 3 aromatic carbocycles. The minimum atomic E-state index is -4.15. The van der Waals surface area contributed by atoms with Gasteiger partial charge < -0.3 is 9.15 Å². The van der Waals surface area contributed by atoms with Crippen molar-refractivity contribution in [2.45, 2.75) is 24.2 Å². The summed E-state index contributed by atoms with van der Waals surface area (Å²) in [5.41, 5.74) is 1.74. The lowest BCUT2D eigenvalue weighted by Gasteiger charge is -2.26. The third-order valence-corrected chi connectivity index (χ3v) is 8.72. The van der Waals surface area contributed by atoms with Crippen LogP contribution in [0.1, 0.15) is 35.2 Å². The molecule has 5 rings (SSSR count). The number of rotatable bonds is 8. The average Bonchev–Trinajstić information content (AvgIpc) is 3.39. The standard InChI is InChI=1S/C31H26FN3O6S/c32-25-15-14-23(18-26(25)42(38,39)35-16-8-3-9-17-35)31(37)40-20-27(36)34-30-24(19-33)28(21-10-4-1-5-11-21)29(41-30)22-12-6-2-7-13-22/h1-2,4-7,10-15,18H,3,8-9,16-17,20H2,(H,34,36). The number of halogens is 1. The van der Waals surface area contributed by atoms with Crippen LogP contribution in [0.15, 0.2) is 88.2 Å². The third-order valence-electron chi connectivity index (χ3n) is 6.81. The van der Waals surface area contributed by atoms with Crippen molar-refractivity contribution in [2.75, 3.05) is 25.0 Å². The molecular weight excluding hydrogens is 561 g/mol. The van der Waals surface area contributed by atoms with Crippen molar-refractivity contribution in [1.82, 2.24) is 4.31 Å². The molecule has 0 spiro atoms. The molecule has 1 aliphatic heterocycles. The Balaban J connectivity index is 1.34. The molecule has 0 radical (unpaired) electrons. The normalized spacial score (nSPS) is 13.7. The lowest BCUT2D eigenvalue weighted by Crippen LogP contribution is -2.36. The van der Waals surface area contributed by atoms with E-state index in [0.29, 0.717) is 35.3 Å². The molecule has 0 atom stereocenters. The van der Waals surface area contributed by atoms with E-state index >= 15 is 0 Å². The van der Waals surface area contributed by atoms with Crippen LogP contribution in [-0.2, 0) is 19.6 Å². The Morgan fingerprint density at radius 1 is 0.952 bits per heavy atom. The first-order valence-electron chi connectivity index (χ1n) is 13.2. The molecule has 1 fully saturated rings. The van der Waals surface area contributed by atoms with Crippen LogP contribution in [0.5, 0.6) is 0 Å². The maximum Gasteiger partial charge on any atom is 0.338 e. The molecule has 1 aliphatic rings. The van der Waals surface area contributed by atoms with Gasteiger partial charge >= 0.3 is 5.97 Å². The second-order valence-electron chi connectivity index (χ2n) is 9.59. The summed E-state index contributed by atoms with van der Waals surface area (Å²) in [6, 6.07) is 23.1. The molecule has 2 heterocycles. The third kappa shape index (κ3) is 5.95. The summed E-state index contributed by atoms with van der Waals surface area (Å²) in [7, 11) is -4.15. The van der Waals surface area contributed by atoms with Crippen molar-refractivity contribution in [3.8, 4) is 28.5 Å². The second-order valence-corrected chi connectivity index (χ2v) is 11.5. The molecule has 0 saturated carbocycles. The van der Waals surface area contributed by atoms with Crippen LogP contribution in [0.4, 0.5) is 10.3 Å². The van der Waals surface area contributed by atoms with Gasteiger partial charge in [-0.05, 0) is 36.6 Å². The predicted octanol–water partition coefficient (Wildman–Crippen LogP) is 5.59. The zero-order chi connectivity index (χ0) is 29.7. The number of nitriles is 1. The second kappa shape index (κ2) is 12.4. The number of piperidine rings is 1. The number of esters is 1. The molecule has 0 aliphatic carbocycles. The number of furan rings is 1. The van der Waals surface area contributed by atoms with Crippen LogP contribution >= 0.6 is 0 Å². The van der Waals surface area contributed by atoms with Crippen molar-refractivity contribution in [1.29, 1.82) is 5.26 Å². The Morgan fingerprint density at radius 3 is 2.24 bits per heavy atom. The molecule has 214 valence electrons. The fourth-order valence-electron chi connectivity index (χ4n) is 4.75. The van der Waals surface area contributed by atoms with Gasteiger partial charge in [-0.25, -0.2) is 17.6 Å². The van der Waals surface area contributed by atoms with Crippen LogP contribution in [0.3, 0.4) is 0 Å². The fourth-order valence-corrected chi connectivity index (χ4v) is 6.36. The minimum absolute atomic E-state index is 0.0887. The highest BCUT2D eigenvalue weighted by molar-refractivity contribution is 7.89. The summed E-state index contributed by atoms with van der Waals surface area (Å²) in [6.45, 7) is -0.227. The number of carbonyl (C=O) groups is 2. The minimum Gasteiger partial charge on any atom is -0.452 e. The van der Waals surface area contributed by atoms with E-state index in [1.165, 1.54) is 4.31 Å². The van der Waals surface area contributed by atoms with Crippen molar-refractivity contribution in [2.24, 2.45) is 0 Å². The number of benzene rings is 3. The molecule has 42 heavy (non-hydrogen) atoms. The summed E-state index contributed by atoms with van der Waals surface area (Å²) in [6.07, 6.45) is 2.22. The number of anilines is 1. The lowest BCUT2D eigenvalue weighted by molar-refractivity contribution is -0.119. The van der Waals surface area contributed by atoms with E-state index < -0.39 is 39.2 Å².